The molecule has 1 rings (SSSR count). The number of hydrogen-bond donors (Lipinski definition) is 1. The van der Waals surface area contributed by atoms with Crippen LogP contribution in [0.25, 0.3) is 0 Å². The van der Waals surface area contributed by atoms with E-state index in [1.165, 1.54) is 4.88 Å². The molecule has 1 aromatic heterocycles. The van der Waals surface area contributed by atoms with Crippen LogP contribution in [0.1, 0.15) is 29.8 Å². The number of nitrogens with zero attached hydrogens (tertiary/aromatic N) is 1. The molecule has 0 spiro atoms. The fraction of sp³-hybridized carbons (Fsp3) is 0.700. The number of methoxy groups -OCH3 is 1. The summed E-state index contributed by atoms with van der Waals surface area (Å²) in [5.41, 5.74) is 0. The molecule has 0 saturated carbocycles. The van der Waals surface area contributed by atoms with Crippen LogP contribution in [0.15, 0.2) is 6.20 Å². The smallest absolute Gasteiger partial charge is 0.0954 e. The summed E-state index contributed by atoms with van der Waals surface area (Å²) >= 11 is 1.76. The number of ether oxygens (including phenoxy) is 1. The zero-order chi connectivity index (χ0) is 10.6. The topological polar surface area (TPSA) is 34.2 Å². The Hall–Kier alpha value is -0.450. The first-order valence-electron chi connectivity index (χ1n) is 4.82. The van der Waals surface area contributed by atoms with E-state index in [-0.39, 0.29) is 6.10 Å². The van der Waals surface area contributed by atoms with Gasteiger partial charge in [-0.1, -0.05) is 0 Å². The van der Waals surface area contributed by atoms with Crippen molar-refractivity contribution in [2.24, 2.45) is 0 Å². The lowest BCUT2D eigenvalue weighted by atomic mass is 10.3. The fourth-order valence-electron chi connectivity index (χ4n) is 1.09. The number of aromatic nitrogens is 1. The molecule has 0 aliphatic heterocycles. The quantitative estimate of drug-likeness (QED) is 0.814. The number of thiazole rings is 1. The highest BCUT2D eigenvalue weighted by Gasteiger charge is 2.09. The normalized spacial score (nSPS) is 15.4. The number of nitrogens with one attached hydrogen (secondary N) is 1. The maximum atomic E-state index is 5.20. The summed E-state index contributed by atoms with van der Waals surface area (Å²) in [7, 11) is 3.69. The minimum Gasteiger partial charge on any atom is -0.381 e. The van der Waals surface area contributed by atoms with Gasteiger partial charge in [-0.25, -0.2) is 4.98 Å². The number of hydrogen-bond acceptors (Lipinski definition) is 4. The van der Waals surface area contributed by atoms with Crippen molar-refractivity contribution in [3.8, 4) is 0 Å². The van der Waals surface area contributed by atoms with Crippen molar-refractivity contribution in [1.29, 1.82) is 0 Å². The van der Waals surface area contributed by atoms with E-state index in [9.17, 15) is 0 Å². The van der Waals surface area contributed by atoms with Gasteiger partial charge < -0.3 is 10.1 Å². The second-order valence-corrected chi connectivity index (χ2v) is 4.56. The van der Waals surface area contributed by atoms with Gasteiger partial charge >= 0.3 is 0 Å². The molecule has 0 aliphatic rings. The van der Waals surface area contributed by atoms with Crippen LogP contribution < -0.4 is 5.32 Å². The predicted molar refractivity (Wildman–Crippen MR) is 59.8 cm³/mol. The van der Waals surface area contributed by atoms with Gasteiger partial charge in [-0.05, 0) is 20.9 Å². The van der Waals surface area contributed by atoms with Crippen LogP contribution in [0.2, 0.25) is 0 Å². The zero-order valence-corrected chi connectivity index (χ0v) is 10.0. The average Bonchev–Trinajstić information content (AvgIpc) is 2.65. The van der Waals surface area contributed by atoms with Gasteiger partial charge in [0, 0.05) is 30.6 Å². The van der Waals surface area contributed by atoms with Crippen molar-refractivity contribution in [2.45, 2.75) is 32.4 Å². The average molecular weight is 214 g/mol. The van der Waals surface area contributed by atoms with Crippen molar-refractivity contribution in [3.63, 3.8) is 0 Å². The molecule has 80 valence electrons. The minimum absolute atomic E-state index is 0.249. The number of rotatable bonds is 5. The summed E-state index contributed by atoms with van der Waals surface area (Å²) in [5, 5.41) is 4.35. The van der Waals surface area contributed by atoms with Gasteiger partial charge in [0.15, 0.2) is 0 Å². The lowest BCUT2D eigenvalue weighted by molar-refractivity contribution is 0.119. The Morgan fingerprint density at radius 2 is 2.29 bits per heavy atom. The molecule has 0 bridgehead atoms. The van der Waals surface area contributed by atoms with E-state index in [0.29, 0.717) is 6.04 Å². The Bertz CT molecular complexity index is 275. The van der Waals surface area contributed by atoms with E-state index in [0.717, 1.165) is 11.4 Å². The molecule has 0 fully saturated rings. The summed E-state index contributed by atoms with van der Waals surface area (Å²) in [6.45, 7) is 4.19. The van der Waals surface area contributed by atoms with E-state index < -0.39 is 0 Å². The summed E-state index contributed by atoms with van der Waals surface area (Å²) < 4.78 is 5.20. The molecule has 0 radical (unpaired) electrons. The first-order valence-corrected chi connectivity index (χ1v) is 5.63. The van der Waals surface area contributed by atoms with E-state index in [2.05, 4.69) is 24.1 Å². The fourth-order valence-corrected chi connectivity index (χ4v) is 2.19. The van der Waals surface area contributed by atoms with Gasteiger partial charge in [0.25, 0.3) is 0 Å². The van der Waals surface area contributed by atoms with Crippen molar-refractivity contribution < 1.29 is 4.74 Å². The molecule has 14 heavy (non-hydrogen) atoms. The van der Waals surface area contributed by atoms with Gasteiger partial charge in [-0.15, -0.1) is 11.3 Å². The van der Waals surface area contributed by atoms with Crippen LogP contribution in [-0.2, 0) is 11.2 Å². The first-order chi connectivity index (χ1) is 6.67. The highest BCUT2D eigenvalue weighted by Crippen LogP contribution is 2.21. The third-order valence-corrected chi connectivity index (χ3v) is 3.50. The summed E-state index contributed by atoms with van der Waals surface area (Å²) in [4.78, 5) is 5.65. The van der Waals surface area contributed by atoms with Crippen molar-refractivity contribution >= 4 is 11.3 Å². The lowest BCUT2D eigenvalue weighted by Gasteiger charge is -2.06. The van der Waals surface area contributed by atoms with Crippen LogP contribution in [0, 0.1) is 0 Å². The second kappa shape index (κ2) is 5.44. The molecule has 0 amide bonds. The van der Waals surface area contributed by atoms with Crippen molar-refractivity contribution in [3.05, 3.63) is 16.1 Å². The summed E-state index contributed by atoms with van der Waals surface area (Å²) in [6.07, 6.45) is 3.10. The second-order valence-electron chi connectivity index (χ2n) is 3.42. The summed E-state index contributed by atoms with van der Waals surface area (Å²) in [5.74, 6) is 0. The Morgan fingerprint density at radius 1 is 1.57 bits per heavy atom. The highest BCUT2D eigenvalue weighted by molar-refractivity contribution is 7.11. The lowest BCUT2D eigenvalue weighted by Crippen LogP contribution is -2.10. The molecule has 1 aromatic rings. The van der Waals surface area contributed by atoms with E-state index in [4.69, 9.17) is 4.74 Å². The maximum absolute atomic E-state index is 5.20. The predicted octanol–water partition coefficient (Wildman–Crippen LogP) is 2.00. The SMILES string of the molecule is CNC(C)c1cnc(CC(C)OC)s1. The maximum Gasteiger partial charge on any atom is 0.0954 e. The Labute approximate surface area is 89.5 Å². The van der Waals surface area contributed by atoms with Crippen LogP contribution in [0.4, 0.5) is 0 Å². The largest absolute Gasteiger partial charge is 0.381 e. The Balaban J connectivity index is 2.59. The third kappa shape index (κ3) is 3.04. The molecular formula is C10H18N2OS. The van der Waals surface area contributed by atoms with Gasteiger partial charge in [-0.2, -0.15) is 0 Å². The monoisotopic (exact) mass is 214 g/mol. The summed E-state index contributed by atoms with van der Waals surface area (Å²) in [6, 6.07) is 0.388. The first kappa shape index (κ1) is 11.6. The molecule has 3 nitrogen and oxygen atoms in total. The molecule has 0 aliphatic carbocycles. The van der Waals surface area contributed by atoms with Crippen molar-refractivity contribution in [2.75, 3.05) is 14.2 Å². The van der Waals surface area contributed by atoms with Gasteiger partial charge in [0.2, 0.25) is 0 Å². The molecule has 2 unspecified atom stereocenters. The highest BCUT2D eigenvalue weighted by atomic mass is 32.1. The molecule has 2 atom stereocenters. The minimum atomic E-state index is 0.249. The van der Waals surface area contributed by atoms with Gasteiger partial charge in [-0.3, -0.25) is 0 Å². The zero-order valence-electron chi connectivity index (χ0n) is 9.20. The van der Waals surface area contributed by atoms with Crippen LogP contribution >= 0.6 is 11.3 Å². The van der Waals surface area contributed by atoms with E-state index in [1.54, 1.807) is 18.4 Å². The van der Waals surface area contributed by atoms with Gasteiger partial charge in [0.1, 0.15) is 0 Å². The van der Waals surface area contributed by atoms with E-state index in [1.807, 2.05) is 13.2 Å². The van der Waals surface area contributed by atoms with Crippen LogP contribution in [-0.4, -0.2) is 25.2 Å². The molecular weight excluding hydrogens is 196 g/mol. The Kier molecular flexibility index (Phi) is 4.51. The van der Waals surface area contributed by atoms with E-state index >= 15 is 0 Å². The van der Waals surface area contributed by atoms with Gasteiger partial charge in [0.05, 0.1) is 11.1 Å². The molecule has 4 heteroatoms. The molecule has 1 heterocycles. The van der Waals surface area contributed by atoms with Crippen LogP contribution in [0.5, 0.6) is 0 Å². The third-order valence-electron chi connectivity index (χ3n) is 2.30. The standard InChI is InChI=1S/C10H18N2OS/c1-7(13-4)5-10-12-6-9(14-10)8(2)11-3/h6-8,11H,5H2,1-4H3. The molecule has 1 N–H and O–H groups in total. The van der Waals surface area contributed by atoms with Crippen molar-refractivity contribution in [1.82, 2.24) is 10.3 Å². The molecule has 0 aromatic carbocycles. The molecule has 0 saturated heterocycles. The Morgan fingerprint density at radius 3 is 2.86 bits per heavy atom. The van der Waals surface area contributed by atoms with Crippen LogP contribution in [0.3, 0.4) is 0 Å².